The molecule has 128 valence electrons. The van der Waals surface area contributed by atoms with Gasteiger partial charge in [-0.25, -0.2) is 14.8 Å². The Morgan fingerprint density at radius 1 is 1.38 bits per heavy atom. The van der Waals surface area contributed by atoms with Gasteiger partial charge in [0.05, 0.1) is 6.04 Å². The maximum atomic E-state index is 12.2. The molecule has 1 aliphatic heterocycles. The number of hydrogen-bond acceptors (Lipinski definition) is 6. The summed E-state index contributed by atoms with van der Waals surface area (Å²) in [6.45, 7) is 3.49. The smallest absolute Gasteiger partial charge is 0.315 e. The van der Waals surface area contributed by atoms with Crippen LogP contribution in [0.25, 0.3) is 0 Å². The molecule has 24 heavy (non-hydrogen) atoms. The lowest BCUT2D eigenvalue weighted by Crippen LogP contribution is -2.51. The molecular weight excluding hydrogens is 308 g/mol. The minimum atomic E-state index is -0.213. The average Bonchev–Trinajstić information content (AvgIpc) is 3.02. The van der Waals surface area contributed by atoms with Crippen molar-refractivity contribution in [2.24, 2.45) is 7.05 Å². The van der Waals surface area contributed by atoms with Crippen molar-refractivity contribution in [2.75, 3.05) is 18.0 Å². The second-order valence-electron chi connectivity index (χ2n) is 5.97. The van der Waals surface area contributed by atoms with Gasteiger partial charge in [-0.1, -0.05) is 0 Å². The molecule has 3 heterocycles. The van der Waals surface area contributed by atoms with Crippen LogP contribution in [0.2, 0.25) is 0 Å². The number of aryl methyl sites for hydroxylation is 1. The van der Waals surface area contributed by atoms with Gasteiger partial charge < -0.3 is 20.1 Å². The van der Waals surface area contributed by atoms with Crippen molar-refractivity contribution in [1.82, 2.24) is 35.4 Å². The minimum Gasteiger partial charge on any atom is -0.339 e. The predicted molar refractivity (Wildman–Crippen MR) is 88.4 cm³/mol. The Kier molecular flexibility index (Phi) is 4.88. The number of anilines is 1. The number of nitrogens with one attached hydrogen (secondary N) is 2. The molecule has 0 aliphatic carbocycles. The number of carbonyl (C=O) groups is 1. The molecule has 9 nitrogen and oxygen atoms in total. The third-order valence-corrected chi connectivity index (χ3v) is 4.07. The van der Waals surface area contributed by atoms with Crippen LogP contribution in [0.1, 0.15) is 31.6 Å². The highest BCUT2D eigenvalue weighted by Gasteiger charge is 2.24. The summed E-state index contributed by atoms with van der Waals surface area (Å²) in [5.41, 5.74) is 0. The fourth-order valence-corrected chi connectivity index (χ4v) is 2.90. The molecule has 2 amide bonds. The van der Waals surface area contributed by atoms with Crippen LogP contribution in [0, 0.1) is 0 Å². The van der Waals surface area contributed by atoms with Crippen LogP contribution in [0.15, 0.2) is 24.8 Å². The van der Waals surface area contributed by atoms with Gasteiger partial charge in [-0.3, -0.25) is 0 Å². The van der Waals surface area contributed by atoms with E-state index in [-0.39, 0.29) is 18.1 Å². The molecule has 2 atom stereocenters. The lowest BCUT2D eigenvalue weighted by Gasteiger charge is -2.33. The molecule has 0 radical (unpaired) electrons. The normalized spacial score (nSPS) is 18.9. The highest BCUT2D eigenvalue weighted by Crippen LogP contribution is 2.15. The van der Waals surface area contributed by atoms with Gasteiger partial charge in [-0.05, 0) is 25.8 Å². The van der Waals surface area contributed by atoms with Crippen LogP contribution in [-0.2, 0) is 7.05 Å². The molecule has 9 heteroatoms. The van der Waals surface area contributed by atoms with Crippen molar-refractivity contribution in [1.29, 1.82) is 0 Å². The SMILES string of the molecule is C[C@H](NC(=O)N[C@H]1CCCN(c2ncccn2)C1)c1nncn1C. The molecule has 0 bridgehead atoms. The third kappa shape index (κ3) is 3.79. The fourth-order valence-electron chi connectivity index (χ4n) is 2.90. The molecule has 0 spiro atoms. The summed E-state index contributed by atoms with van der Waals surface area (Å²) in [5.74, 6) is 1.42. The zero-order valence-corrected chi connectivity index (χ0v) is 13.9. The highest BCUT2D eigenvalue weighted by atomic mass is 16.2. The van der Waals surface area contributed by atoms with Gasteiger partial charge in [0.1, 0.15) is 6.33 Å². The minimum absolute atomic E-state index is 0.0641. The first-order chi connectivity index (χ1) is 11.6. The predicted octanol–water partition coefficient (Wildman–Crippen LogP) is 0.634. The Hall–Kier alpha value is -2.71. The zero-order valence-electron chi connectivity index (χ0n) is 13.9. The number of urea groups is 1. The number of hydrogen-bond donors (Lipinski definition) is 2. The van der Waals surface area contributed by atoms with Gasteiger partial charge >= 0.3 is 6.03 Å². The molecule has 0 unspecified atom stereocenters. The van der Waals surface area contributed by atoms with E-state index in [0.717, 1.165) is 19.4 Å². The Morgan fingerprint density at radius 2 is 2.17 bits per heavy atom. The van der Waals surface area contributed by atoms with Gasteiger partial charge in [0, 0.05) is 38.6 Å². The molecule has 1 aliphatic rings. The van der Waals surface area contributed by atoms with E-state index in [1.54, 1.807) is 29.4 Å². The summed E-state index contributed by atoms with van der Waals surface area (Å²) in [6, 6.07) is 1.44. The van der Waals surface area contributed by atoms with E-state index in [1.807, 2.05) is 14.0 Å². The summed E-state index contributed by atoms with van der Waals surface area (Å²) in [5, 5.41) is 13.8. The Balaban J connectivity index is 1.53. The number of piperidine rings is 1. The monoisotopic (exact) mass is 330 g/mol. The molecule has 2 N–H and O–H groups in total. The maximum Gasteiger partial charge on any atom is 0.315 e. The number of rotatable bonds is 4. The molecular formula is C15H22N8O. The maximum absolute atomic E-state index is 12.2. The summed E-state index contributed by atoms with van der Waals surface area (Å²) in [6.07, 6.45) is 7.00. The first-order valence-corrected chi connectivity index (χ1v) is 8.06. The second-order valence-corrected chi connectivity index (χ2v) is 5.97. The number of nitrogens with zero attached hydrogens (tertiary/aromatic N) is 6. The van der Waals surface area contributed by atoms with Gasteiger partial charge in [0.25, 0.3) is 0 Å². The topological polar surface area (TPSA) is 101 Å². The van der Waals surface area contributed by atoms with E-state index >= 15 is 0 Å². The van der Waals surface area contributed by atoms with E-state index in [9.17, 15) is 4.79 Å². The lowest BCUT2D eigenvalue weighted by atomic mass is 10.1. The van der Waals surface area contributed by atoms with Crippen molar-refractivity contribution in [2.45, 2.75) is 31.8 Å². The van der Waals surface area contributed by atoms with Gasteiger partial charge in [-0.2, -0.15) is 0 Å². The first kappa shape index (κ1) is 16.2. The van der Waals surface area contributed by atoms with Crippen molar-refractivity contribution < 1.29 is 4.79 Å². The van der Waals surface area contributed by atoms with Crippen LogP contribution in [-0.4, -0.2) is 49.9 Å². The van der Waals surface area contributed by atoms with E-state index < -0.39 is 0 Å². The number of carbonyl (C=O) groups excluding carboxylic acids is 1. The van der Waals surface area contributed by atoms with Crippen LogP contribution in [0.3, 0.4) is 0 Å². The van der Waals surface area contributed by atoms with Gasteiger partial charge in [0.2, 0.25) is 5.95 Å². The molecule has 0 aromatic carbocycles. The van der Waals surface area contributed by atoms with Crippen LogP contribution >= 0.6 is 0 Å². The number of aromatic nitrogens is 5. The van der Waals surface area contributed by atoms with Crippen molar-refractivity contribution in [3.63, 3.8) is 0 Å². The number of amides is 2. The van der Waals surface area contributed by atoms with E-state index in [4.69, 9.17) is 0 Å². The summed E-state index contributed by atoms with van der Waals surface area (Å²) >= 11 is 0. The van der Waals surface area contributed by atoms with Gasteiger partial charge in [0.15, 0.2) is 5.82 Å². The van der Waals surface area contributed by atoms with E-state index in [0.29, 0.717) is 18.3 Å². The van der Waals surface area contributed by atoms with Gasteiger partial charge in [-0.15, -0.1) is 10.2 Å². The standard InChI is InChI=1S/C15H22N8O/c1-11(13-21-18-10-22(13)2)19-15(24)20-12-5-3-8-23(9-12)14-16-6-4-7-17-14/h4,6-7,10-12H,3,5,8-9H2,1-2H3,(H2,19,20,24)/t11-,12-/m0/s1. The van der Waals surface area contributed by atoms with E-state index in [2.05, 4.69) is 35.7 Å². The van der Waals surface area contributed by atoms with Crippen LogP contribution in [0.4, 0.5) is 10.7 Å². The Bertz CT molecular complexity index is 673. The molecule has 1 saturated heterocycles. The molecule has 0 saturated carbocycles. The Morgan fingerprint density at radius 3 is 2.88 bits per heavy atom. The molecule has 2 aromatic heterocycles. The summed E-state index contributed by atoms with van der Waals surface area (Å²) in [4.78, 5) is 22.9. The molecule has 2 aromatic rings. The van der Waals surface area contributed by atoms with Crippen LogP contribution < -0.4 is 15.5 Å². The van der Waals surface area contributed by atoms with Crippen LogP contribution in [0.5, 0.6) is 0 Å². The van der Waals surface area contributed by atoms with Crippen molar-refractivity contribution >= 4 is 12.0 Å². The highest BCUT2D eigenvalue weighted by molar-refractivity contribution is 5.74. The Labute approximate surface area is 140 Å². The second kappa shape index (κ2) is 7.24. The zero-order chi connectivity index (χ0) is 16.9. The van der Waals surface area contributed by atoms with Crippen molar-refractivity contribution in [3.05, 3.63) is 30.6 Å². The average molecular weight is 330 g/mol. The summed E-state index contributed by atoms with van der Waals surface area (Å²) < 4.78 is 1.79. The summed E-state index contributed by atoms with van der Waals surface area (Å²) in [7, 11) is 1.85. The lowest BCUT2D eigenvalue weighted by molar-refractivity contribution is 0.231. The van der Waals surface area contributed by atoms with Crippen molar-refractivity contribution in [3.8, 4) is 0 Å². The fraction of sp³-hybridized carbons (Fsp3) is 0.533. The quantitative estimate of drug-likeness (QED) is 0.853. The molecule has 3 rings (SSSR count). The molecule has 1 fully saturated rings. The van der Waals surface area contributed by atoms with E-state index in [1.165, 1.54) is 0 Å². The first-order valence-electron chi connectivity index (χ1n) is 8.06. The largest absolute Gasteiger partial charge is 0.339 e. The third-order valence-electron chi connectivity index (χ3n) is 4.07.